The summed E-state index contributed by atoms with van der Waals surface area (Å²) in [7, 11) is 0. The summed E-state index contributed by atoms with van der Waals surface area (Å²) < 4.78 is -0.353. The zero-order chi connectivity index (χ0) is 8.77. The van der Waals surface area contributed by atoms with E-state index in [4.69, 9.17) is 5.73 Å². The maximum atomic E-state index is 11.2. The normalized spacial score (nSPS) is 46.1. The van der Waals surface area contributed by atoms with E-state index in [2.05, 4.69) is 15.9 Å². The SMILES string of the molecule is NC(=O)C1(Br)CC2CCC1CC2. The van der Waals surface area contributed by atoms with Crippen molar-refractivity contribution < 1.29 is 4.79 Å². The van der Waals surface area contributed by atoms with Crippen LogP contribution in [0.4, 0.5) is 0 Å². The Morgan fingerprint density at radius 2 is 1.92 bits per heavy atom. The van der Waals surface area contributed by atoms with Gasteiger partial charge in [0.1, 0.15) is 4.32 Å². The second-order valence-corrected chi connectivity index (χ2v) is 5.56. The van der Waals surface area contributed by atoms with Crippen molar-refractivity contribution in [2.45, 2.75) is 36.4 Å². The molecule has 12 heavy (non-hydrogen) atoms. The zero-order valence-electron chi connectivity index (χ0n) is 7.05. The molecule has 0 aromatic rings. The highest BCUT2D eigenvalue weighted by Crippen LogP contribution is 2.51. The second kappa shape index (κ2) is 2.72. The van der Waals surface area contributed by atoms with Crippen LogP contribution in [0, 0.1) is 11.8 Å². The van der Waals surface area contributed by atoms with Crippen LogP contribution in [0.5, 0.6) is 0 Å². The Labute approximate surface area is 81.0 Å². The Morgan fingerprint density at radius 1 is 1.33 bits per heavy atom. The van der Waals surface area contributed by atoms with Gasteiger partial charge in [0.15, 0.2) is 0 Å². The molecule has 0 aliphatic heterocycles. The Balaban J connectivity index is 2.22. The number of hydrogen-bond acceptors (Lipinski definition) is 1. The summed E-state index contributed by atoms with van der Waals surface area (Å²) in [6.07, 6.45) is 5.92. The Morgan fingerprint density at radius 3 is 2.17 bits per heavy atom. The first-order valence-electron chi connectivity index (χ1n) is 4.62. The largest absolute Gasteiger partial charge is 0.368 e. The van der Waals surface area contributed by atoms with E-state index in [1.807, 2.05) is 0 Å². The first kappa shape index (κ1) is 8.54. The summed E-state index contributed by atoms with van der Waals surface area (Å²) in [4.78, 5) is 11.2. The number of fused-ring (bicyclic) bond motifs is 3. The highest BCUT2D eigenvalue weighted by Gasteiger charge is 2.49. The van der Waals surface area contributed by atoms with Gasteiger partial charge in [0.25, 0.3) is 0 Å². The molecule has 0 saturated heterocycles. The molecule has 3 aliphatic rings. The van der Waals surface area contributed by atoms with Crippen LogP contribution in [-0.4, -0.2) is 10.2 Å². The number of carbonyl (C=O) groups excluding carboxylic acids is 1. The number of rotatable bonds is 1. The van der Waals surface area contributed by atoms with Crippen LogP contribution in [-0.2, 0) is 4.79 Å². The molecule has 0 aromatic heterocycles. The fourth-order valence-electron chi connectivity index (χ4n) is 2.71. The summed E-state index contributed by atoms with van der Waals surface area (Å²) in [5.41, 5.74) is 5.40. The smallest absolute Gasteiger partial charge is 0.234 e. The molecule has 3 aliphatic carbocycles. The van der Waals surface area contributed by atoms with Crippen molar-refractivity contribution >= 4 is 21.8 Å². The third kappa shape index (κ3) is 1.10. The van der Waals surface area contributed by atoms with Crippen molar-refractivity contribution in [2.75, 3.05) is 0 Å². The molecule has 68 valence electrons. The standard InChI is InChI=1S/C9H14BrNO/c10-9(8(11)12)5-6-1-3-7(9)4-2-6/h6-7H,1-5H2,(H2,11,12). The average molecular weight is 232 g/mol. The average Bonchev–Trinajstić information content (AvgIpc) is 2.05. The van der Waals surface area contributed by atoms with E-state index in [0.29, 0.717) is 5.92 Å². The molecule has 0 spiro atoms. The van der Waals surface area contributed by atoms with Gasteiger partial charge in [-0.3, -0.25) is 4.79 Å². The molecule has 0 radical (unpaired) electrons. The maximum Gasteiger partial charge on any atom is 0.234 e. The monoisotopic (exact) mass is 231 g/mol. The van der Waals surface area contributed by atoms with Gasteiger partial charge in [0.2, 0.25) is 5.91 Å². The van der Waals surface area contributed by atoms with Gasteiger partial charge in [-0.1, -0.05) is 28.8 Å². The van der Waals surface area contributed by atoms with Crippen LogP contribution in [0.1, 0.15) is 32.1 Å². The predicted molar refractivity (Wildman–Crippen MR) is 50.9 cm³/mol. The van der Waals surface area contributed by atoms with E-state index >= 15 is 0 Å². The lowest BCUT2D eigenvalue weighted by molar-refractivity contribution is -0.124. The van der Waals surface area contributed by atoms with Gasteiger partial charge < -0.3 is 5.73 Å². The van der Waals surface area contributed by atoms with Crippen LogP contribution >= 0.6 is 15.9 Å². The predicted octanol–water partition coefficient (Wildman–Crippen LogP) is 1.82. The number of halogens is 1. The van der Waals surface area contributed by atoms with Crippen molar-refractivity contribution in [3.63, 3.8) is 0 Å². The lowest BCUT2D eigenvalue weighted by Crippen LogP contribution is -2.51. The fourth-order valence-corrected chi connectivity index (χ4v) is 3.63. The van der Waals surface area contributed by atoms with E-state index in [0.717, 1.165) is 12.3 Å². The molecule has 3 rings (SSSR count). The summed E-state index contributed by atoms with van der Waals surface area (Å²) in [6.45, 7) is 0. The van der Waals surface area contributed by atoms with Crippen molar-refractivity contribution in [1.29, 1.82) is 0 Å². The van der Waals surface area contributed by atoms with Gasteiger partial charge in [0.05, 0.1) is 0 Å². The second-order valence-electron chi connectivity index (χ2n) is 4.15. The van der Waals surface area contributed by atoms with Crippen LogP contribution in [0.3, 0.4) is 0 Å². The van der Waals surface area contributed by atoms with Crippen molar-refractivity contribution in [1.82, 2.24) is 0 Å². The summed E-state index contributed by atoms with van der Waals surface area (Å²) >= 11 is 3.54. The lowest BCUT2D eigenvalue weighted by Gasteiger charge is -2.46. The number of nitrogens with two attached hydrogens (primary N) is 1. The van der Waals surface area contributed by atoms with Gasteiger partial charge in [-0.05, 0) is 31.1 Å². The van der Waals surface area contributed by atoms with Crippen molar-refractivity contribution in [3.8, 4) is 0 Å². The first-order chi connectivity index (χ1) is 5.63. The van der Waals surface area contributed by atoms with Crippen LogP contribution in [0.25, 0.3) is 0 Å². The minimum Gasteiger partial charge on any atom is -0.368 e. The first-order valence-corrected chi connectivity index (χ1v) is 5.41. The summed E-state index contributed by atoms with van der Waals surface area (Å²) in [5, 5.41) is 0. The van der Waals surface area contributed by atoms with Gasteiger partial charge >= 0.3 is 0 Å². The number of hydrogen-bond donors (Lipinski definition) is 1. The topological polar surface area (TPSA) is 43.1 Å². The summed E-state index contributed by atoms with van der Waals surface area (Å²) in [5.74, 6) is 1.08. The lowest BCUT2D eigenvalue weighted by atomic mass is 9.64. The molecular formula is C9H14BrNO. The molecule has 1 atom stereocenters. The molecular weight excluding hydrogens is 218 g/mol. The molecule has 1 amide bonds. The highest BCUT2D eigenvalue weighted by atomic mass is 79.9. The maximum absolute atomic E-state index is 11.2. The molecule has 2 bridgehead atoms. The van der Waals surface area contributed by atoms with Crippen molar-refractivity contribution in [3.05, 3.63) is 0 Å². The minimum atomic E-state index is -0.353. The molecule has 3 saturated carbocycles. The molecule has 0 heterocycles. The molecule has 2 N–H and O–H groups in total. The fraction of sp³-hybridized carbons (Fsp3) is 0.889. The Kier molecular flexibility index (Phi) is 1.94. The van der Waals surface area contributed by atoms with E-state index < -0.39 is 0 Å². The van der Waals surface area contributed by atoms with E-state index in [1.54, 1.807) is 0 Å². The van der Waals surface area contributed by atoms with E-state index in [-0.39, 0.29) is 10.2 Å². The number of primary amides is 1. The Hall–Kier alpha value is -0.0500. The number of alkyl halides is 1. The van der Waals surface area contributed by atoms with Crippen LogP contribution in [0.15, 0.2) is 0 Å². The van der Waals surface area contributed by atoms with Gasteiger partial charge in [-0.2, -0.15) is 0 Å². The molecule has 2 nitrogen and oxygen atoms in total. The molecule has 3 heteroatoms. The van der Waals surface area contributed by atoms with Crippen LogP contribution < -0.4 is 5.73 Å². The van der Waals surface area contributed by atoms with Crippen LogP contribution in [0.2, 0.25) is 0 Å². The quantitative estimate of drug-likeness (QED) is 0.688. The highest BCUT2D eigenvalue weighted by molar-refractivity contribution is 9.10. The number of amides is 1. The Bertz CT molecular complexity index is 211. The van der Waals surface area contributed by atoms with Gasteiger partial charge in [0, 0.05) is 0 Å². The molecule has 1 unspecified atom stereocenters. The third-order valence-electron chi connectivity index (χ3n) is 3.49. The van der Waals surface area contributed by atoms with Gasteiger partial charge in [-0.15, -0.1) is 0 Å². The minimum absolute atomic E-state index is 0.156. The van der Waals surface area contributed by atoms with E-state index in [1.165, 1.54) is 25.7 Å². The van der Waals surface area contributed by atoms with E-state index in [9.17, 15) is 4.79 Å². The zero-order valence-corrected chi connectivity index (χ0v) is 8.64. The molecule has 0 aromatic carbocycles. The van der Waals surface area contributed by atoms with Crippen molar-refractivity contribution in [2.24, 2.45) is 17.6 Å². The summed E-state index contributed by atoms with van der Waals surface area (Å²) in [6, 6.07) is 0. The number of carbonyl (C=O) groups is 1. The van der Waals surface area contributed by atoms with Gasteiger partial charge in [-0.25, -0.2) is 0 Å². The molecule has 3 fully saturated rings. The third-order valence-corrected chi connectivity index (χ3v) is 4.85.